The van der Waals surface area contributed by atoms with Crippen molar-refractivity contribution in [3.8, 4) is 0 Å². The van der Waals surface area contributed by atoms with Crippen LogP contribution in [0.2, 0.25) is 0 Å². The third kappa shape index (κ3) is 5.03. The summed E-state index contributed by atoms with van der Waals surface area (Å²) in [4.78, 5) is 11.5. The van der Waals surface area contributed by atoms with Crippen LogP contribution in [0.5, 0.6) is 0 Å². The zero-order valence-corrected chi connectivity index (χ0v) is 11.3. The van der Waals surface area contributed by atoms with Crippen LogP contribution in [0.1, 0.15) is 51.2 Å². The highest BCUT2D eigenvalue weighted by Gasteiger charge is 2.05. The molecule has 0 unspecified atom stereocenters. The second kappa shape index (κ2) is 6.43. The van der Waals surface area contributed by atoms with E-state index in [9.17, 15) is 4.79 Å². The SMILES string of the molecule is CC(C)CC(=O)NCc1cccc(C(C)C)c1. The summed E-state index contributed by atoms with van der Waals surface area (Å²) in [6.07, 6.45) is 0.601. The van der Waals surface area contributed by atoms with Crippen LogP contribution in [0.25, 0.3) is 0 Å². The zero-order valence-electron chi connectivity index (χ0n) is 11.3. The zero-order chi connectivity index (χ0) is 12.8. The van der Waals surface area contributed by atoms with Gasteiger partial charge in [-0.3, -0.25) is 4.79 Å². The molecule has 1 rings (SSSR count). The van der Waals surface area contributed by atoms with Crippen LogP contribution in [0.15, 0.2) is 24.3 Å². The van der Waals surface area contributed by atoms with Gasteiger partial charge in [0.2, 0.25) is 5.91 Å². The standard InChI is InChI=1S/C15H23NO/c1-11(2)8-15(17)16-10-13-6-5-7-14(9-13)12(3)4/h5-7,9,11-12H,8,10H2,1-4H3,(H,16,17). The Morgan fingerprint density at radius 1 is 1.24 bits per heavy atom. The minimum atomic E-state index is 0.134. The van der Waals surface area contributed by atoms with Crippen molar-refractivity contribution >= 4 is 5.91 Å². The Hall–Kier alpha value is -1.31. The molecule has 0 radical (unpaired) electrons. The van der Waals surface area contributed by atoms with Crippen molar-refractivity contribution < 1.29 is 4.79 Å². The molecule has 0 aliphatic rings. The second-order valence-electron chi connectivity index (χ2n) is 5.27. The lowest BCUT2D eigenvalue weighted by molar-refractivity contribution is -0.121. The highest BCUT2D eigenvalue weighted by molar-refractivity contribution is 5.76. The lowest BCUT2D eigenvalue weighted by Gasteiger charge is -2.10. The van der Waals surface area contributed by atoms with Crippen molar-refractivity contribution in [1.82, 2.24) is 5.32 Å². The Balaban J connectivity index is 2.52. The number of amides is 1. The van der Waals surface area contributed by atoms with E-state index < -0.39 is 0 Å². The molecule has 0 atom stereocenters. The number of rotatable bonds is 5. The van der Waals surface area contributed by atoms with E-state index in [0.29, 0.717) is 24.8 Å². The van der Waals surface area contributed by atoms with Gasteiger partial charge in [0.15, 0.2) is 0 Å². The summed E-state index contributed by atoms with van der Waals surface area (Å²) in [6.45, 7) is 9.09. The van der Waals surface area contributed by atoms with Gasteiger partial charge < -0.3 is 5.32 Å². The number of hydrogen-bond donors (Lipinski definition) is 1. The molecule has 17 heavy (non-hydrogen) atoms. The van der Waals surface area contributed by atoms with Gasteiger partial charge in [-0.05, 0) is 23.0 Å². The molecular weight excluding hydrogens is 210 g/mol. The predicted octanol–water partition coefficient (Wildman–Crippen LogP) is 3.47. The van der Waals surface area contributed by atoms with Gasteiger partial charge in [-0.15, -0.1) is 0 Å². The van der Waals surface area contributed by atoms with Crippen LogP contribution in [-0.2, 0) is 11.3 Å². The third-order valence-electron chi connectivity index (χ3n) is 2.70. The number of hydrogen-bond acceptors (Lipinski definition) is 1. The van der Waals surface area contributed by atoms with E-state index in [-0.39, 0.29) is 5.91 Å². The van der Waals surface area contributed by atoms with E-state index in [0.717, 1.165) is 0 Å². The summed E-state index contributed by atoms with van der Waals surface area (Å²) < 4.78 is 0. The van der Waals surface area contributed by atoms with Gasteiger partial charge in [-0.2, -0.15) is 0 Å². The maximum absolute atomic E-state index is 11.5. The average molecular weight is 233 g/mol. The largest absolute Gasteiger partial charge is 0.352 e. The van der Waals surface area contributed by atoms with Gasteiger partial charge in [0.1, 0.15) is 0 Å². The topological polar surface area (TPSA) is 29.1 Å². The fourth-order valence-corrected chi connectivity index (χ4v) is 1.71. The van der Waals surface area contributed by atoms with E-state index in [2.05, 4.69) is 57.3 Å². The first kappa shape index (κ1) is 13.8. The molecule has 0 aliphatic carbocycles. The smallest absolute Gasteiger partial charge is 0.220 e. The number of benzene rings is 1. The van der Waals surface area contributed by atoms with Crippen molar-refractivity contribution in [3.05, 3.63) is 35.4 Å². The molecule has 0 saturated carbocycles. The summed E-state index contributed by atoms with van der Waals surface area (Å²) in [7, 11) is 0. The highest BCUT2D eigenvalue weighted by Crippen LogP contribution is 2.15. The van der Waals surface area contributed by atoms with E-state index >= 15 is 0 Å². The molecule has 0 spiro atoms. The molecule has 0 bridgehead atoms. The van der Waals surface area contributed by atoms with Gasteiger partial charge in [-0.1, -0.05) is 52.0 Å². The normalized spacial score (nSPS) is 10.9. The molecule has 0 saturated heterocycles. The fraction of sp³-hybridized carbons (Fsp3) is 0.533. The number of carbonyl (C=O) groups is 1. The first-order chi connectivity index (χ1) is 7.99. The molecule has 2 nitrogen and oxygen atoms in total. The number of nitrogens with one attached hydrogen (secondary N) is 1. The maximum atomic E-state index is 11.5. The molecule has 0 aromatic heterocycles. The predicted molar refractivity (Wildman–Crippen MR) is 71.8 cm³/mol. The van der Waals surface area contributed by atoms with Crippen LogP contribution in [0, 0.1) is 5.92 Å². The van der Waals surface area contributed by atoms with Gasteiger partial charge in [0.05, 0.1) is 0 Å². The Bertz CT molecular complexity index is 369. The maximum Gasteiger partial charge on any atom is 0.220 e. The van der Waals surface area contributed by atoms with E-state index in [1.54, 1.807) is 0 Å². The fourth-order valence-electron chi connectivity index (χ4n) is 1.71. The van der Waals surface area contributed by atoms with Crippen LogP contribution in [0.4, 0.5) is 0 Å². The molecule has 1 aromatic carbocycles. The minimum Gasteiger partial charge on any atom is -0.352 e. The molecule has 0 heterocycles. The van der Waals surface area contributed by atoms with Crippen molar-refractivity contribution in [1.29, 1.82) is 0 Å². The van der Waals surface area contributed by atoms with E-state index in [4.69, 9.17) is 0 Å². The van der Waals surface area contributed by atoms with Gasteiger partial charge >= 0.3 is 0 Å². The Kier molecular flexibility index (Phi) is 5.20. The summed E-state index contributed by atoms with van der Waals surface area (Å²) >= 11 is 0. The molecule has 0 fully saturated rings. The minimum absolute atomic E-state index is 0.134. The molecule has 2 heteroatoms. The Morgan fingerprint density at radius 2 is 1.94 bits per heavy atom. The second-order valence-corrected chi connectivity index (χ2v) is 5.27. The van der Waals surface area contributed by atoms with Crippen molar-refractivity contribution in [2.75, 3.05) is 0 Å². The first-order valence-corrected chi connectivity index (χ1v) is 6.34. The van der Waals surface area contributed by atoms with E-state index in [1.165, 1.54) is 11.1 Å². The first-order valence-electron chi connectivity index (χ1n) is 6.34. The third-order valence-corrected chi connectivity index (χ3v) is 2.70. The summed E-state index contributed by atoms with van der Waals surface area (Å²) in [5, 5.41) is 2.96. The molecule has 1 amide bonds. The van der Waals surface area contributed by atoms with Crippen LogP contribution < -0.4 is 5.32 Å². The highest BCUT2D eigenvalue weighted by atomic mass is 16.1. The average Bonchev–Trinajstić information content (AvgIpc) is 2.26. The summed E-state index contributed by atoms with van der Waals surface area (Å²) in [5.41, 5.74) is 2.49. The molecule has 1 aromatic rings. The molecule has 1 N–H and O–H groups in total. The van der Waals surface area contributed by atoms with Crippen molar-refractivity contribution in [2.24, 2.45) is 5.92 Å². The van der Waals surface area contributed by atoms with Gasteiger partial charge in [0, 0.05) is 13.0 Å². The van der Waals surface area contributed by atoms with E-state index in [1.807, 2.05) is 0 Å². The van der Waals surface area contributed by atoms with Crippen LogP contribution >= 0.6 is 0 Å². The van der Waals surface area contributed by atoms with Crippen molar-refractivity contribution in [3.63, 3.8) is 0 Å². The quantitative estimate of drug-likeness (QED) is 0.829. The molecule has 94 valence electrons. The Labute approximate surface area is 104 Å². The van der Waals surface area contributed by atoms with Crippen molar-refractivity contribution in [2.45, 2.75) is 46.6 Å². The van der Waals surface area contributed by atoms with Gasteiger partial charge in [0.25, 0.3) is 0 Å². The van der Waals surface area contributed by atoms with Crippen LogP contribution in [0.3, 0.4) is 0 Å². The summed E-state index contributed by atoms with van der Waals surface area (Å²) in [6, 6.07) is 8.41. The lowest BCUT2D eigenvalue weighted by Crippen LogP contribution is -2.23. The summed E-state index contributed by atoms with van der Waals surface area (Å²) in [5.74, 6) is 1.08. The lowest BCUT2D eigenvalue weighted by atomic mass is 10.0. The number of carbonyl (C=O) groups excluding carboxylic acids is 1. The molecular formula is C15H23NO. The molecule has 0 aliphatic heterocycles. The Morgan fingerprint density at radius 3 is 2.53 bits per heavy atom. The monoisotopic (exact) mass is 233 g/mol. The van der Waals surface area contributed by atoms with Crippen LogP contribution in [-0.4, -0.2) is 5.91 Å². The van der Waals surface area contributed by atoms with Gasteiger partial charge in [-0.25, -0.2) is 0 Å².